The third-order valence-corrected chi connectivity index (χ3v) is 3.18. The molecule has 2 rings (SSSR count). The van der Waals surface area contributed by atoms with Crippen molar-refractivity contribution in [1.82, 2.24) is 9.97 Å². The van der Waals surface area contributed by atoms with Gasteiger partial charge in [0.1, 0.15) is 18.0 Å². The second-order valence-corrected chi connectivity index (χ2v) is 4.60. The zero-order chi connectivity index (χ0) is 15.2. The number of aromatic nitrogens is 2. The van der Waals surface area contributed by atoms with Crippen molar-refractivity contribution >= 4 is 11.5 Å². The van der Waals surface area contributed by atoms with Crippen LogP contribution in [0.2, 0.25) is 0 Å². The summed E-state index contributed by atoms with van der Waals surface area (Å²) in [4.78, 5) is 10.4. The first kappa shape index (κ1) is 15.2. The molecule has 0 bridgehead atoms. The van der Waals surface area contributed by atoms with Crippen molar-refractivity contribution in [2.45, 2.75) is 13.3 Å². The summed E-state index contributed by atoms with van der Waals surface area (Å²) in [5.74, 6) is 0.997. The first-order valence-electron chi connectivity index (χ1n) is 6.76. The van der Waals surface area contributed by atoms with E-state index in [2.05, 4.69) is 9.97 Å². The van der Waals surface area contributed by atoms with Gasteiger partial charge in [0, 0.05) is 12.2 Å². The summed E-state index contributed by atoms with van der Waals surface area (Å²) in [6.45, 7) is 3.15. The number of methoxy groups -OCH3 is 1. The van der Waals surface area contributed by atoms with Crippen LogP contribution < -0.4 is 15.4 Å². The normalized spacial score (nSPS) is 10.5. The number of ether oxygens (including phenoxy) is 1. The van der Waals surface area contributed by atoms with Crippen molar-refractivity contribution in [3.8, 4) is 5.88 Å². The molecule has 1 heterocycles. The predicted molar refractivity (Wildman–Crippen MR) is 80.4 cm³/mol. The lowest BCUT2D eigenvalue weighted by Crippen LogP contribution is -2.23. The van der Waals surface area contributed by atoms with Gasteiger partial charge in [0.25, 0.3) is 0 Å². The van der Waals surface area contributed by atoms with E-state index in [1.54, 1.807) is 19.2 Å². The lowest BCUT2D eigenvalue weighted by Gasteiger charge is -2.25. The summed E-state index contributed by atoms with van der Waals surface area (Å²) in [6.07, 6.45) is 2.25. The number of benzene rings is 1. The maximum atomic E-state index is 13.1. The van der Waals surface area contributed by atoms with Crippen LogP contribution in [0, 0.1) is 12.7 Å². The molecule has 21 heavy (non-hydrogen) atoms. The van der Waals surface area contributed by atoms with Crippen molar-refractivity contribution in [2.24, 2.45) is 5.73 Å². The Bertz CT molecular complexity index is 589. The number of halogens is 1. The van der Waals surface area contributed by atoms with E-state index in [4.69, 9.17) is 10.5 Å². The quantitative estimate of drug-likeness (QED) is 0.885. The zero-order valence-corrected chi connectivity index (χ0v) is 12.2. The van der Waals surface area contributed by atoms with Crippen LogP contribution in [0.1, 0.15) is 12.0 Å². The molecule has 0 aliphatic heterocycles. The van der Waals surface area contributed by atoms with Crippen molar-refractivity contribution in [1.29, 1.82) is 0 Å². The second kappa shape index (κ2) is 6.99. The summed E-state index contributed by atoms with van der Waals surface area (Å²) in [5, 5.41) is 0. The van der Waals surface area contributed by atoms with Crippen LogP contribution in [-0.2, 0) is 0 Å². The van der Waals surface area contributed by atoms with Crippen molar-refractivity contribution in [3.05, 3.63) is 42.0 Å². The number of rotatable bonds is 6. The molecule has 0 aliphatic rings. The van der Waals surface area contributed by atoms with E-state index < -0.39 is 0 Å². The Kier molecular flexibility index (Phi) is 5.05. The number of anilines is 2. The molecule has 0 unspecified atom stereocenters. The number of hydrogen-bond acceptors (Lipinski definition) is 5. The van der Waals surface area contributed by atoms with Crippen LogP contribution >= 0.6 is 0 Å². The van der Waals surface area contributed by atoms with E-state index >= 15 is 0 Å². The summed E-state index contributed by atoms with van der Waals surface area (Å²) in [7, 11) is 1.57. The van der Waals surface area contributed by atoms with Gasteiger partial charge >= 0.3 is 0 Å². The van der Waals surface area contributed by atoms with Crippen LogP contribution in [0.3, 0.4) is 0 Å². The van der Waals surface area contributed by atoms with E-state index in [1.165, 1.54) is 18.5 Å². The van der Waals surface area contributed by atoms with E-state index in [0.717, 1.165) is 23.5 Å². The third kappa shape index (κ3) is 3.46. The predicted octanol–water partition coefficient (Wildman–Crippen LogP) is 2.42. The van der Waals surface area contributed by atoms with Crippen molar-refractivity contribution in [2.75, 3.05) is 25.1 Å². The smallest absolute Gasteiger partial charge is 0.221 e. The number of nitrogens with two attached hydrogens (primary N) is 1. The van der Waals surface area contributed by atoms with Gasteiger partial charge in [-0.05, 0) is 44.2 Å². The molecule has 112 valence electrons. The number of nitrogens with zero attached hydrogens (tertiary/aromatic N) is 3. The van der Waals surface area contributed by atoms with Gasteiger partial charge in [0.05, 0.1) is 12.7 Å². The van der Waals surface area contributed by atoms with Gasteiger partial charge < -0.3 is 15.4 Å². The Hall–Kier alpha value is -2.21. The molecule has 0 saturated heterocycles. The molecule has 0 radical (unpaired) electrons. The maximum Gasteiger partial charge on any atom is 0.221 e. The fourth-order valence-electron chi connectivity index (χ4n) is 2.13. The Morgan fingerprint density at radius 1 is 1.24 bits per heavy atom. The van der Waals surface area contributed by atoms with Gasteiger partial charge in [0.15, 0.2) is 0 Å². The lowest BCUT2D eigenvalue weighted by molar-refractivity contribution is 0.393. The molecule has 0 atom stereocenters. The molecule has 0 saturated carbocycles. The molecule has 0 fully saturated rings. The molecule has 2 aromatic rings. The SMILES string of the molecule is COc1ncnc(N(CCCN)c2ccc(F)cc2)c1C. The molecular formula is C15H19FN4O. The second-order valence-electron chi connectivity index (χ2n) is 4.60. The van der Waals surface area contributed by atoms with Gasteiger partial charge in [-0.2, -0.15) is 0 Å². The molecule has 0 amide bonds. The fourth-order valence-corrected chi connectivity index (χ4v) is 2.13. The molecule has 2 N–H and O–H groups in total. The van der Waals surface area contributed by atoms with E-state index in [1.807, 2.05) is 11.8 Å². The average molecular weight is 290 g/mol. The third-order valence-electron chi connectivity index (χ3n) is 3.18. The molecule has 6 heteroatoms. The largest absolute Gasteiger partial charge is 0.481 e. The highest BCUT2D eigenvalue weighted by atomic mass is 19.1. The fraction of sp³-hybridized carbons (Fsp3) is 0.333. The van der Waals surface area contributed by atoms with Gasteiger partial charge in [-0.3, -0.25) is 0 Å². The van der Waals surface area contributed by atoms with Gasteiger partial charge in [-0.15, -0.1) is 0 Å². The van der Waals surface area contributed by atoms with Crippen molar-refractivity contribution < 1.29 is 9.13 Å². The van der Waals surface area contributed by atoms with E-state index in [0.29, 0.717) is 19.0 Å². The lowest BCUT2D eigenvalue weighted by atomic mass is 10.2. The molecule has 0 spiro atoms. The number of hydrogen-bond donors (Lipinski definition) is 1. The molecular weight excluding hydrogens is 271 g/mol. The van der Waals surface area contributed by atoms with Crippen molar-refractivity contribution in [3.63, 3.8) is 0 Å². The zero-order valence-electron chi connectivity index (χ0n) is 12.2. The summed E-state index contributed by atoms with van der Waals surface area (Å²) in [6, 6.07) is 6.30. The summed E-state index contributed by atoms with van der Waals surface area (Å²) < 4.78 is 18.4. The topological polar surface area (TPSA) is 64.3 Å². The highest BCUT2D eigenvalue weighted by Crippen LogP contribution is 2.30. The standard InChI is InChI=1S/C15H19FN4O/c1-11-14(18-10-19-15(11)21-2)20(9-3-8-17)13-6-4-12(16)5-7-13/h4-7,10H,3,8-9,17H2,1-2H3. The first-order chi connectivity index (χ1) is 10.2. The molecule has 1 aromatic carbocycles. The summed E-state index contributed by atoms with van der Waals surface area (Å²) in [5.41, 5.74) is 7.30. The van der Waals surface area contributed by atoms with Crippen LogP contribution in [0.15, 0.2) is 30.6 Å². The Morgan fingerprint density at radius 3 is 2.57 bits per heavy atom. The van der Waals surface area contributed by atoms with Crippen LogP contribution in [0.4, 0.5) is 15.9 Å². The Morgan fingerprint density at radius 2 is 1.95 bits per heavy atom. The van der Waals surface area contributed by atoms with E-state index in [9.17, 15) is 4.39 Å². The average Bonchev–Trinajstić information content (AvgIpc) is 2.50. The van der Waals surface area contributed by atoms with Gasteiger partial charge in [-0.1, -0.05) is 0 Å². The van der Waals surface area contributed by atoms with Gasteiger partial charge in [-0.25, -0.2) is 14.4 Å². The first-order valence-corrected chi connectivity index (χ1v) is 6.76. The van der Waals surface area contributed by atoms with Crippen LogP contribution in [-0.4, -0.2) is 30.2 Å². The molecule has 5 nitrogen and oxygen atoms in total. The van der Waals surface area contributed by atoms with Crippen LogP contribution in [0.5, 0.6) is 5.88 Å². The van der Waals surface area contributed by atoms with E-state index in [-0.39, 0.29) is 5.82 Å². The minimum Gasteiger partial charge on any atom is -0.481 e. The Balaban J connectivity index is 2.42. The monoisotopic (exact) mass is 290 g/mol. The van der Waals surface area contributed by atoms with Gasteiger partial charge in [0.2, 0.25) is 5.88 Å². The minimum absolute atomic E-state index is 0.269. The highest BCUT2D eigenvalue weighted by Gasteiger charge is 2.16. The Labute approximate surface area is 123 Å². The van der Waals surface area contributed by atoms with Crippen LogP contribution in [0.25, 0.3) is 0 Å². The highest BCUT2D eigenvalue weighted by molar-refractivity contribution is 5.63. The molecule has 0 aliphatic carbocycles. The maximum absolute atomic E-state index is 13.1. The summed E-state index contributed by atoms with van der Waals surface area (Å²) >= 11 is 0. The minimum atomic E-state index is -0.269. The molecule has 1 aromatic heterocycles.